The molecule has 0 aromatic heterocycles. The molecule has 94 valence electrons. The van der Waals surface area contributed by atoms with Crippen LogP contribution in [0.25, 0.3) is 0 Å². The molecule has 0 aliphatic heterocycles. The number of aliphatic hydroxyl groups excluding tert-OH is 1. The third-order valence-corrected chi connectivity index (χ3v) is 2.84. The van der Waals surface area contributed by atoms with Crippen LogP contribution in [0.4, 0.5) is 0 Å². The normalized spacial score (nSPS) is 11.9. The minimum atomic E-state index is -0.661. The lowest BCUT2D eigenvalue weighted by Crippen LogP contribution is -2.00. The molecule has 0 saturated heterocycles. The maximum Gasteiger partial charge on any atom is 0.161 e. The van der Waals surface area contributed by atoms with Crippen LogP contribution in [0.15, 0.2) is 48.5 Å². The van der Waals surface area contributed by atoms with Crippen LogP contribution >= 0.6 is 0 Å². The lowest BCUT2D eigenvalue weighted by Gasteiger charge is -2.14. The van der Waals surface area contributed by atoms with E-state index in [2.05, 4.69) is 0 Å². The molecule has 0 fully saturated rings. The van der Waals surface area contributed by atoms with Gasteiger partial charge in [-0.15, -0.1) is 0 Å². The molecular formula is C15H16O3. The van der Waals surface area contributed by atoms with E-state index in [1.165, 1.54) is 0 Å². The molecule has 0 unspecified atom stereocenters. The van der Waals surface area contributed by atoms with E-state index in [1.807, 2.05) is 36.4 Å². The van der Waals surface area contributed by atoms with E-state index in [0.717, 1.165) is 11.1 Å². The van der Waals surface area contributed by atoms with E-state index in [4.69, 9.17) is 9.47 Å². The molecule has 3 nitrogen and oxygen atoms in total. The van der Waals surface area contributed by atoms with Gasteiger partial charge in [-0.1, -0.05) is 36.4 Å². The fourth-order valence-corrected chi connectivity index (χ4v) is 1.85. The summed E-state index contributed by atoms with van der Waals surface area (Å²) in [6, 6.07) is 14.9. The van der Waals surface area contributed by atoms with E-state index in [9.17, 15) is 5.11 Å². The van der Waals surface area contributed by atoms with Gasteiger partial charge in [-0.05, 0) is 23.3 Å². The SMILES string of the molecule is COc1ccc([C@@H](O)c2ccccc2)cc1OC. The zero-order chi connectivity index (χ0) is 13.0. The summed E-state index contributed by atoms with van der Waals surface area (Å²) in [6.45, 7) is 0. The molecule has 1 atom stereocenters. The maximum absolute atomic E-state index is 10.3. The van der Waals surface area contributed by atoms with Crippen LogP contribution in [0.1, 0.15) is 17.2 Å². The number of benzene rings is 2. The Hall–Kier alpha value is -2.00. The molecular weight excluding hydrogens is 228 g/mol. The van der Waals surface area contributed by atoms with Crippen molar-refractivity contribution in [1.29, 1.82) is 0 Å². The highest BCUT2D eigenvalue weighted by Gasteiger charge is 2.13. The molecule has 2 rings (SSSR count). The molecule has 0 aliphatic carbocycles. The standard InChI is InChI=1S/C15H16O3/c1-17-13-9-8-12(10-14(13)18-2)15(16)11-6-4-3-5-7-11/h3-10,15-16H,1-2H3/t15-/m0/s1. The van der Waals surface area contributed by atoms with Crippen LogP contribution in [0.3, 0.4) is 0 Å². The van der Waals surface area contributed by atoms with Crippen molar-refractivity contribution in [2.45, 2.75) is 6.10 Å². The molecule has 0 saturated carbocycles. The van der Waals surface area contributed by atoms with Gasteiger partial charge in [0.25, 0.3) is 0 Å². The van der Waals surface area contributed by atoms with Crippen molar-refractivity contribution >= 4 is 0 Å². The molecule has 18 heavy (non-hydrogen) atoms. The Morgan fingerprint density at radius 2 is 1.50 bits per heavy atom. The molecule has 0 bridgehead atoms. The summed E-state index contributed by atoms with van der Waals surface area (Å²) in [4.78, 5) is 0. The number of hydrogen-bond donors (Lipinski definition) is 1. The minimum Gasteiger partial charge on any atom is -0.493 e. The van der Waals surface area contributed by atoms with Crippen molar-refractivity contribution in [2.75, 3.05) is 14.2 Å². The zero-order valence-electron chi connectivity index (χ0n) is 10.5. The predicted molar refractivity (Wildman–Crippen MR) is 70.0 cm³/mol. The quantitative estimate of drug-likeness (QED) is 0.898. The second kappa shape index (κ2) is 5.56. The van der Waals surface area contributed by atoms with Crippen LogP contribution in [-0.2, 0) is 0 Å². The first kappa shape index (κ1) is 12.5. The Balaban J connectivity index is 2.34. The fourth-order valence-electron chi connectivity index (χ4n) is 1.85. The predicted octanol–water partition coefficient (Wildman–Crippen LogP) is 2.79. The number of ether oxygens (including phenoxy) is 2. The molecule has 3 heteroatoms. The van der Waals surface area contributed by atoms with Crippen molar-refractivity contribution in [3.8, 4) is 11.5 Å². The van der Waals surface area contributed by atoms with Crippen LogP contribution in [0.5, 0.6) is 11.5 Å². The first-order chi connectivity index (χ1) is 8.76. The van der Waals surface area contributed by atoms with Gasteiger partial charge >= 0.3 is 0 Å². The number of rotatable bonds is 4. The van der Waals surface area contributed by atoms with Gasteiger partial charge in [0.2, 0.25) is 0 Å². The average Bonchev–Trinajstić information content (AvgIpc) is 2.46. The Labute approximate surface area is 107 Å². The molecule has 0 radical (unpaired) electrons. The van der Waals surface area contributed by atoms with E-state index < -0.39 is 6.10 Å². The van der Waals surface area contributed by atoms with Crippen molar-refractivity contribution in [1.82, 2.24) is 0 Å². The summed E-state index contributed by atoms with van der Waals surface area (Å²) in [5.41, 5.74) is 1.63. The van der Waals surface area contributed by atoms with Crippen LogP contribution in [-0.4, -0.2) is 19.3 Å². The lowest BCUT2D eigenvalue weighted by atomic mass is 10.0. The summed E-state index contributed by atoms with van der Waals surface area (Å²) in [5.74, 6) is 1.27. The average molecular weight is 244 g/mol. The van der Waals surface area contributed by atoms with E-state index >= 15 is 0 Å². The molecule has 2 aromatic carbocycles. The molecule has 1 N–H and O–H groups in total. The summed E-state index contributed by atoms with van der Waals surface area (Å²) in [6.07, 6.45) is -0.661. The highest BCUT2D eigenvalue weighted by molar-refractivity contribution is 5.45. The smallest absolute Gasteiger partial charge is 0.161 e. The Morgan fingerprint density at radius 1 is 0.833 bits per heavy atom. The van der Waals surface area contributed by atoms with Gasteiger partial charge in [0, 0.05) is 0 Å². The number of aliphatic hydroxyl groups is 1. The second-order valence-electron chi connectivity index (χ2n) is 3.93. The first-order valence-corrected chi connectivity index (χ1v) is 5.71. The molecule has 0 aliphatic rings. The highest BCUT2D eigenvalue weighted by atomic mass is 16.5. The molecule has 0 spiro atoms. The summed E-state index contributed by atoms with van der Waals surface area (Å²) < 4.78 is 10.4. The van der Waals surface area contributed by atoms with Gasteiger partial charge in [-0.3, -0.25) is 0 Å². The summed E-state index contributed by atoms with van der Waals surface area (Å²) in [5, 5.41) is 10.3. The Kier molecular flexibility index (Phi) is 3.85. The van der Waals surface area contributed by atoms with Gasteiger partial charge in [0.1, 0.15) is 6.10 Å². The van der Waals surface area contributed by atoms with Gasteiger partial charge in [0.05, 0.1) is 14.2 Å². The van der Waals surface area contributed by atoms with Crippen LogP contribution < -0.4 is 9.47 Å². The topological polar surface area (TPSA) is 38.7 Å². The van der Waals surface area contributed by atoms with Crippen molar-refractivity contribution in [3.05, 3.63) is 59.7 Å². The highest BCUT2D eigenvalue weighted by Crippen LogP contribution is 2.31. The molecule has 0 amide bonds. The van der Waals surface area contributed by atoms with Crippen LogP contribution in [0, 0.1) is 0 Å². The van der Waals surface area contributed by atoms with Gasteiger partial charge in [-0.25, -0.2) is 0 Å². The summed E-state index contributed by atoms with van der Waals surface area (Å²) in [7, 11) is 3.17. The third-order valence-electron chi connectivity index (χ3n) is 2.84. The van der Waals surface area contributed by atoms with Crippen molar-refractivity contribution in [2.24, 2.45) is 0 Å². The lowest BCUT2D eigenvalue weighted by molar-refractivity contribution is 0.219. The largest absolute Gasteiger partial charge is 0.493 e. The second-order valence-corrected chi connectivity index (χ2v) is 3.93. The van der Waals surface area contributed by atoms with Crippen molar-refractivity contribution in [3.63, 3.8) is 0 Å². The molecule has 0 heterocycles. The van der Waals surface area contributed by atoms with Gasteiger partial charge in [-0.2, -0.15) is 0 Å². The first-order valence-electron chi connectivity index (χ1n) is 5.71. The van der Waals surface area contributed by atoms with Crippen molar-refractivity contribution < 1.29 is 14.6 Å². The molecule has 2 aromatic rings. The van der Waals surface area contributed by atoms with Gasteiger partial charge in [0.15, 0.2) is 11.5 Å². The summed E-state index contributed by atoms with van der Waals surface area (Å²) >= 11 is 0. The van der Waals surface area contributed by atoms with E-state index in [1.54, 1.807) is 26.4 Å². The van der Waals surface area contributed by atoms with E-state index in [0.29, 0.717) is 11.5 Å². The maximum atomic E-state index is 10.3. The number of hydrogen-bond acceptors (Lipinski definition) is 3. The minimum absolute atomic E-state index is 0.616. The van der Waals surface area contributed by atoms with Gasteiger partial charge < -0.3 is 14.6 Å². The fraction of sp³-hybridized carbons (Fsp3) is 0.200. The zero-order valence-corrected chi connectivity index (χ0v) is 10.5. The monoisotopic (exact) mass is 244 g/mol. The van der Waals surface area contributed by atoms with Crippen LogP contribution in [0.2, 0.25) is 0 Å². The third kappa shape index (κ3) is 2.46. The number of methoxy groups -OCH3 is 2. The Morgan fingerprint density at radius 3 is 2.11 bits per heavy atom. The van der Waals surface area contributed by atoms with E-state index in [-0.39, 0.29) is 0 Å². The Bertz CT molecular complexity index is 508.